The molecule has 2 rings (SSSR count). The van der Waals surface area contributed by atoms with Gasteiger partial charge in [0, 0.05) is 13.6 Å². The highest BCUT2D eigenvalue weighted by atomic mass is 16.2. The molecular weight excluding hydrogens is 228 g/mol. The minimum absolute atomic E-state index is 0.184. The number of rotatable bonds is 4. The number of likely N-dealkylation sites (N-methyl/N-ethyl adjacent to an activating group) is 1. The summed E-state index contributed by atoms with van der Waals surface area (Å²) in [5.74, 6) is -0.0345. The minimum Gasteiger partial charge on any atom is -0.335 e. The highest BCUT2D eigenvalue weighted by Crippen LogP contribution is 2.05. The number of amides is 1. The highest BCUT2D eigenvalue weighted by Gasteiger charge is 2.15. The molecule has 1 aromatic heterocycles. The van der Waals surface area contributed by atoms with Crippen molar-refractivity contribution in [3.63, 3.8) is 0 Å². The van der Waals surface area contributed by atoms with Gasteiger partial charge in [-0.05, 0) is 12.1 Å². The third kappa shape index (κ3) is 2.45. The van der Waals surface area contributed by atoms with Gasteiger partial charge in [-0.2, -0.15) is 0 Å². The number of para-hydroxylation sites is 1. The van der Waals surface area contributed by atoms with Crippen LogP contribution in [0, 0.1) is 0 Å². The molecule has 2 aromatic rings. The summed E-state index contributed by atoms with van der Waals surface area (Å²) in [6.45, 7) is 4.06. The number of carbonyl (C=O) groups is 1. The predicted octanol–water partition coefficient (Wildman–Crippen LogP) is 1.53. The van der Waals surface area contributed by atoms with E-state index in [1.165, 1.54) is 11.2 Å². The first-order valence-corrected chi connectivity index (χ1v) is 5.56. The fourth-order valence-corrected chi connectivity index (χ4v) is 1.51. The molecule has 5 nitrogen and oxygen atoms in total. The van der Waals surface area contributed by atoms with Crippen molar-refractivity contribution in [2.24, 2.45) is 0 Å². The van der Waals surface area contributed by atoms with Gasteiger partial charge in [-0.3, -0.25) is 4.79 Å². The third-order valence-electron chi connectivity index (χ3n) is 2.45. The maximum Gasteiger partial charge on any atom is 0.293 e. The summed E-state index contributed by atoms with van der Waals surface area (Å²) < 4.78 is 1.58. The molecule has 1 aromatic carbocycles. The van der Waals surface area contributed by atoms with Crippen molar-refractivity contribution in [2.45, 2.75) is 0 Å². The van der Waals surface area contributed by atoms with Gasteiger partial charge in [-0.15, -0.1) is 11.7 Å². The average Bonchev–Trinajstić information content (AvgIpc) is 2.89. The van der Waals surface area contributed by atoms with Gasteiger partial charge in [0.1, 0.15) is 6.33 Å². The van der Waals surface area contributed by atoms with Crippen LogP contribution in [0.1, 0.15) is 10.6 Å². The minimum atomic E-state index is -0.218. The van der Waals surface area contributed by atoms with Crippen LogP contribution in [-0.2, 0) is 0 Å². The Morgan fingerprint density at radius 1 is 1.44 bits per heavy atom. The van der Waals surface area contributed by atoms with Gasteiger partial charge in [0.2, 0.25) is 5.82 Å². The number of carbonyl (C=O) groups excluding carboxylic acids is 1. The quantitative estimate of drug-likeness (QED) is 0.764. The largest absolute Gasteiger partial charge is 0.335 e. The third-order valence-corrected chi connectivity index (χ3v) is 2.45. The van der Waals surface area contributed by atoms with Crippen LogP contribution in [0.25, 0.3) is 5.69 Å². The number of aromatic nitrogens is 3. The van der Waals surface area contributed by atoms with Crippen molar-refractivity contribution < 1.29 is 4.79 Å². The van der Waals surface area contributed by atoms with Gasteiger partial charge < -0.3 is 4.90 Å². The second-order valence-corrected chi connectivity index (χ2v) is 3.82. The highest BCUT2D eigenvalue weighted by molar-refractivity contribution is 5.90. The van der Waals surface area contributed by atoms with Crippen molar-refractivity contribution >= 4 is 5.91 Å². The molecule has 0 saturated heterocycles. The number of hydrogen-bond donors (Lipinski definition) is 0. The number of benzene rings is 1. The van der Waals surface area contributed by atoms with Crippen LogP contribution in [0.4, 0.5) is 0 Å². The van der Waals surface area contributed by atoms with Crippen LogP contribution in [-0.4, -0.2) is 39.2 Å². The lowest BCUT2D eigenvalue weighted by atomic mass is 10.3. The van der Waals surface area contributed by atoms with Crippen LogP contribution in [0.2, 0.25) is 0 Å². The first-order chi connectivity index (χ1) is 8.72. The molecule has 0 fully saturated rings. The first-order valence-electron chi connectivity index (χ1n) is 5.56. The second-order valence-electron chi connectivity index (χ2n) is 3.82. The van der Waals surface area contributed by atoms with Crippen LogP contribution in [0.3, 0.4) is 0 Å². The van der Waals surface area contributed by atoms with E-state index in [0.717, 1.165) is 5.69 Å². The van der Waals surface area contributed by atoms with E-state index in [0.29, 0.717) is 6.54 Å². The Hall–Kier alpha value is -2.43. The summed E-state index contributed by atoms with van der Waals surface area (Å²) in [4.78, 5) is 17.5. The fraction of sp³-hybridized carbons (Fsp3) is 0.154. The molecule has 0 unspecified atom stereocenters. The Bertz CT molecular complexity index is 547. The lowest BCUT2D eigenvalue weighted by molar-refractivity contribution is 0.0798. The van der Waals surface area contributed by atoms with Crippen molar-refractivity contribution in [3.05, 3.63) is 55.1 Å². The summed E-state index contributed by atoms with van der Waals surface area (Å²) in [6, 6.07) is 9.53. The summed E-state index contributed by atoms with van der Waals surface area (Å²) in [7, 11) is 1.69. The molecule has 1 heterocycles. The van der Waals surface area contributed by atoms with E-state index in [2.05, 4.69) is 16.7 Å². The van der Waals surface area contributed by atoms with Crippen LogP contribution < -0.4 is 0 Å². The molecule has 0 atom stereocenters. The van der Waals surface area contributed by atoms with Crippen LogP contribution >= 0.6 is 0 Å². The summed E-state index contributed by atoms with van der Waals surface area (Å²) in [5.41, 5.74) is 0.871. The SMILES string of the molecule is C=CCN(C)C(=O)c1ncn(-c2ccccc2)n1. The van der Waals surface area contributed by atoms with E-state index >= 15 is 0 Å². The predicted molar refractivity (Wildman–Crippen MR) is 68.5 cm³/mol. The molecule has 0 aliphatic carbocycles. The topological polar surface area (TPSA) is 51.0 Å². The molecule has 0 aliphatic heterocycles. The van der Waals surface area contributed by atoms with Crippen LogP contribution in [0.5, 0.6) is 0 Å². The van der Waals surface area contributed by atoms with Gasteiger partial charge in [-0.25, -0.2) is 9.67 Å². The summed E-state index contributed by atoms with van der Waals surface area (Å²) in [6.07, 6.45) is 3.19. The zero-order valence-corrected chi connectivity index (χ0v) is 10.2. The first kappa shape index (κ1) is 12.0. The van der Waals surface area contributed by atoms with E-state index in [1.807, 2.05) is 30.3 Å². The van der Waals surface area contributed by atoms with E-state index in [-0.39, 0.29) is 11.7 Å². The Morgan fingerprint density at radius 3 is 2.83 bits per heavy atom. The molecule has 5 heteroatoms. The standard InChI is InChI=1S/C13H14N4O/c1-3-9-16(2)13(18)12-14-10-17(15-12)11-7-5-4-6-8-11/h3-8,10H,1,9H2,2H3. The molecule has 0 radical (unpaired) electrons. The van der Waals surface area contributed by atoms with Gasteiger partial charge in [0.05, 0.1) is 5.69 Å². The second kappa shape index (κ2) is 5.27. The zero-order valence-electron chi connectivity index (χ0n) is 10.2. The van der Waals surface area contributed by atoms with Gasteiger partial charge >= 0.3 is 0 Å². The molecule has 18 heavy (non-hydrogen) atoms. The molecule has 0 N–H and O–H groups in total. The molecule has 0 bridgehead atoms. The maximum atomic E-state index is 11.9. The van der Waals surface area contributed by atoms with Crippen LogP contribution in [0.15, 0.2) is 49.3 Å². The summed E-state index contributed by atoms with van der Waals surface area (Å²) >= 11 is 0. The monoisotopic (exact) mass is 242 g/mol. The fourth-order valence-electron chi connectivity index (χ4n) is 1.51. The Kier molecular flexibility index (Phi) is 3.52. The Balaban J connectivity index is 2.21. The van der Waals surface area contributed by atoms with E-state index < -0.39 is 0 Å². The number of hydrogen-bond acceptors (Lipinski definition) is 3. The average molecular weight is 242 g/mol. The summed E-state index contributed by atoms with van der Waals surface area (Å²) in [5, 5.41) is 4.16. The maximum absolute atomic E-state index is 11.9. The molecule has 0 saturated carbocycles. The zero-order chi connectivity index (χ0) is 13.0. The molecule has 92 valence electrons. The molecule has 0 aliphatic rings. The lowest BCUT2D eigenvalue weighted by Crippen LogP contribution is -2.27. The Labute approximate surface area is 105 Å². The molecule has 1 amide bonds. The van der Waals surface area contributed by atoms with Crippen molar-refractivity contribution in [1.29, 1.82) is 0 Å². The normalized spacial score (nSPS) is 10.1. The van der Waals surface area contributed by atoms with E-state index in [4.69, 9.17) is 0 Å². The van der Waals surface area contributed by atoms with E-state index in [9.17, 15) is 4.79 Å². The molecule has 0 spiro atoms. The molecular formula is C13H14N4O. The van der Waals surface area contributed by atoms with Crippen molar-refractivity contribution in [1.82, 2.24) is 19.7 Å². The van der Waals surface area contributed by atoms with Crippen molar-refractivity contribution in [3.8, 4) is 5.69 Å². The van der Waals surface area contributed by atoms with Gasteiger partial charge in [0.15, 0.2) is 0 Å². The van der Waals surface area contributed by atoms with Gasteiger partial charge in [0.25, 0.3) is 5.91 Å². The smallest absolute Gasteiger partial charge is 0.293 e. The number of nitrogens with zero attached hydrogens (tertiary/aromatic N) is 4. The Morgan fingerprint density at radius 2 is 2.17 bits per heavy atom. The van der Waals surface area contributed by atoms with Crippen molar-refractivity contribution in [2.75, 3.05) is 13.6 Å². The lowest BCUT2D eigenvalue weighted by Gasteiger charge is -2.11. The van der Waals surface area contributed by atoms with E-state index in [1.54, 1.807) is 17.8 Å². The van der Waals surface area contributed by atoms with Gasteiger partial charge in [-0.1, -0.05) is 24.3 Å².